The summed E-state index contributed by atoms with van der Waals surface area (Å²) >= 11 is 0. The second kappa shape index (κ2) is 7.61. The molecule has 4 rings (SSSR count). The molecule has 30 heavy (non-hydrogen) atoms. The van der Waals surface area contributed by atoms with Crippen molar-refractivity contribution in [1.29, 1.82) is 0 Å². The number of rotatable bonds is 5. The van der Waals surface area contributed by atoms with Crippen LogP contribution in [0.3, 0.4) is 0 Å². The van der Waals surface area contributed by atoms with Crippen molar-refractivity contribution >= 4 is 38.5 Å². The molecule has 2 aromatic carbocycles. The van der Waals surface area contributed by atoms with Crippen molar-refractivity contribution in [3.8, 4) is 5.75 Å². The van der Waals surface area contributed by atoms with Crippen LogP contribution in [0.15, 0.2) is 36.5 Å². The highest BCUT2D eigenvalue weighted by molar-refractivity contribution is 6.17. The van der Waals surface area contributed by atoms with Crippen LogP contribution in [0.5, 0.6) is 5.75 Å². The number of hydrogen-bond acceptors (Lipinski definition) is 4. The first kappa shape index (κ1) is 20.2. The van der Waals surface area contributed by atoms with E-state index in [1.165, 1.54) is 0 Å². The van der Waals surface area contributed by atoms with E-state index in [1.807, 2.05) is 31.1 Å². The number of pyridine rings is 1. The highest BCUT2D eigenvalue weighted by Crippen LogP contribution is 2.37. The molecule has 0 saturated heterocycles. The van der Waals surface area contributed by atoms with Crippen molar-refractivity contribution in [2.24, 2.45) is 7.05 Å². The van der Waals surface area contributed by atoms with Crippen molar-refractivity contribution in [3.05, 3.63) is 47.8 Å². The first-order chi connectivity index (χ1) is 14.4. The third-order valence-electron chi connectivity index (χ3n) is 6.01. The summed E-state index contributed by atoms with van der Waals surface area (Å²) in [6.45, 7) is 4.16. The average Bonchev–Trinajstić information content (AvgIpc) is 3.03. The number of benzene rings is 2. The fourth-order valence-corrected chi connectivity index (χ4v) is 4.39. The summed E-state index contributed by atoms with van der Waals surface area (Å²) in [7, 11) is 7.67. The van der Waals surface area contributed by atoms with E-state index in [0.29, 0.717) is 5.69 Å². The number of carbonyl (C=O) groups excluding carboxylic acids is 1. The van der Waals surface area contributed by atoms with Crippen LogP contribution in [-0.4, -0.2) is 47.7 Å². The second-order valence-corrected chi connectivity index (χ2v) is 7.96. The monoisotopic (exact) mass is 404 g/mol. The molecule has 156 valence electrons. The number of nitrogens with zero attached hydrogens (tertiary/aromatic N) is 3. The van der Waals surface area contributed by atoms with Crippen LogP contribution in [0.2, 0.25) is 0 Å². The van der Waals surface area contributed by atoms with E-state index in [1.54, 1.807) is 13.3 Å². The Balaban J connectivity index is 1.98. The number of hydrogen-bond donors (Lipinski definition) is 1. The molecule has 0 radical (unpaired) electrons. The smallest absolute Gasteiger partial charge is 0.271 e. The number of carbonyl (C=O) groups is 1. The molecule has 0 aliphatic heterocycles. The summed E-state index contributed by atoms with van der Waals surface area (Å²) in [4.78, 5) is 19.6. The predicted octanol–water partition coefficient (Wildman–Crippen LogP) is 4.22. The van der Waals surface area contributed by atoms with Crippen molar-refractivity contribution in [3.63, 3.8) is 0 Å². The molecule has 1 amide bonds. The Kier molecular flexibility index (Phi) is 5.12. The number of methoxy groups -OCH3 is 1. The van der Waals surface area contributed by atoms with Gasteiger partial charge in [0.15, 0.2) is 0 Å². The van der Waals surface area contributed by atoms with Gasteiger partial charge in [0.05, 0.1) is 18.8 Å². The fourth-order valence-electron chi connectivity index (χ4n) is 4.39. The molecule has 6 nitrogen and oxygen atoms in total. The Labute approximate surface area is 176 Å². The van der Waals surface area contributed by atoms with Gasteiger partial charge in [-0.25, -0.2) is 0 Å². The number of fused-ring (bicyclic) bond motifs is 4. The van der Waals surface area contributed by atoms with Crippen molar-refractivity contribution in [2.45, 2.75) is 26.4 Å². The van der Waals surface area contributed by atoms with Crippen molar-refractivity contribution in [1.82, 2.24) is 19.8 Å². The lowest BCUT2D eigenvalue weighted by molar-refractivity contribution is 0.0884. The minimum absolute atomic E-state index is 0.0406. The molecule has 1 N–H and O–H groups in total. The fraction of sp³-hybridized carbons (Fsp3) is 0.333. The first-order valence-corrected chi connectivity index (χ1v) is 10.2. The molecule has 0 aliphatic rings. The SMILES string of the molecule is CCC(NC(=O)c1nccc2c(C)c3c(cc12)c1cc(OC)ccc1n3C)N(C)C. The summed E-state index contributed by atoms with van der Waals surface area (Å²) in [5, 5.41) is 7.21. The third kappa shape index (κ3) is 3.08. The lowest BCUT2D eigenvalue weighted by Crippen LogP contribution is -2.44. The molecule has 4 aromatic rings. The van der Waals surface area contributed by atoms with Crippen LogP contribution in [0, 0.1) is 6.92 Å². The lowest BCUT2D eigenvalue weighted by atomic mass is 10.00. The van der Waals surface area contributed by atoms with Crippen LogP contribution in [0.4, 0.5) is 0 Å². The molecule has 6 heteroatoms. The van der Waals surface area contributed by atoms with Crippen LogP contribution >= 0.6 is 0 Å². The topological polar surface area (TPSA) is 59.4 Å². The molecule has 2 heterocycles. The predicted molar refractivity (Wildman–Crippen MR) is 122 cm³/mol. The Bertz CT molecular complexity index is 1270. The van der Waals surface area contributed by atoms with Crippen molar-refractivity contribution < 1.29 is 9.53 Å². The van der Waals surface area contributed by atoms with Gasteiger partial charge in [-0.3, -0.25) is 14.7 Å². The van der Waals surface area contributed by atoms with Gasteiger partial charge in [0, 0.05) is 34.9 Å². The third-order valence-corrected chi connectivity index (χ3v) is 6.01. The maximum Gasteiger partial charge on any atom is 0.271 e. The summed E-state index contributed by atoms with van der Waals surface area (Å²) in [5.41, 5.74) is 3.87. The number of aromatic nitrogens is 2. The van der Waals surface area contributed by atoms with E-state index in [9.17, 15) is 4.79 Å². The Hall–Kier alpha value is -3.12. The molecule has 0 bridgehead atoms. The summed E-state index contributed by atoms with van der Waals surface area (Å²) < 4.78 is 7.65. The molecule has 0 fully saturated rings. The van der Waals surface area contributed by atoms with Gasteiger partial charge in [-0.2, -0.15) is 0 Å². The average molecular weight is 405 g/mol. The van der Waals surface area contributed by atoms with Gasteiger partial charge in [0.25, 0.3) is 5.91 Å². The van der Waals surface area contributed by atoms with Crippen LogP contribution in [0.25, 0.3) is 32.6 Å². The highest BCUT2D eigenvalue weighted by atomic mass is 16.5. The largest absolute Gasteiger partial charge is 0.497 e. The van der Waals surface area contributed by atoms with E-state index < -0.39 is 0 Å². The number of ether oxygens (including phenoxy) is 1. The van der Waals surface area contributed by atoms with Gasteiger partial charge in [-0.15, -0.1) is 0 Å². The van der Waals surface area contributed by atoms with E-state index in [-0.39, 0.29) is 12.1 Å². The Morgan fingerprint density at radius 1 is 1.17 bits per heavy atom. The minimum Gasteiger partial charge on any atom is -0.497 e. The maximum atomic E-state index is 13.1. The van der Waals surface area contributed by atoms with Crippen LogP contribution in [-0.2, 0) is 7.05 Å². The van der Waals surface area contributed by atoms with Crippen LogP contribution < -0.4 is 10.1 Å². The Morgan fingerprint density at radius 2 is 1.93 bits per heavy atom. The van der Waals surface area contributed by atoms with Gasteiger partial charge in [0.2, 0.25) is 0 Å². The molecular formula is C24H28N4O2. The molecule has 0 saturated carbocycles. The number of aryl methyl sites for hydroxylation is 2. The molecule has 0 aliphatic carbocycles. The molecule has 0 spiro atoms. The standard InChI is InChI=1S/C24H28N4O2/c1-7-21(27(3)4)26-24(29)22-18-13-19-17-12-15(30-6)8-9-20(17)28(5)23(19)14(2)16(18)10-11-25-22/h8-13,21H,7H2,1-6H3,(H,26,29). The van der Waals surface area contributed by atoms with E-state index in [4.69, 9.17) is 4.74 Å². The van der Waals surface area contributed by atoms with Gasteiger partial charge in [0.1, 0.15) is 11.4 Å². The molecule has 1 atom stereocenters. The normalized spacial score (nSPS) is 12.8. The summed E-state index contributed by atoms with van der Waals surface area (Å²) in [6, 6.07) is 10.2. The van der Waals surface area contributed by atoms with Gasteiger partial charge < -0.3 is 14.6 Å². The van der Waals surface area contributed by atoms with Gasteiger partial charge in [-0.1, -0.05) is 6.92 Å². The van der Waals surface area contributed by atoms with Crippen molar-refractivity contribution in [2.75, 3.05) is 21.2 Å². The zero-order valence-electron chi connectivity index (χ0n) is 18.4. The van der Waals surface area contributed by atoms with Crippen LogP contribution in [0.1, 0.15) is 29.4 Å². The highest BCUT2D eigenvalue weighted by Gasteiger charge is 2.20. The minimum atomic E-state index is -0.155. The van der Waals surface area contributed by atoms with E-state index in [0.717, 1.165) is 50.3 Å². The van der Waals surface area contributed by atoms with E-state index in [2.05, 4.69) is 54.0 Å². The summed E-state index contributed by atoms with van der Waals surface area (Å²) in [6.07, 6.45) is 2.50. The Morgan fingerprint density at radius 3 is 2.60 bits per heavy atom. The number of nitrogens with one attached hydrogen (secondary N) is 1. The zero-order valence-corrected chi connectivity index (χ0v) is 18.4. The molecular weight excluding hydrogens is 376 g/mol. The lowest BCUT2D eigenvalue weighted by Gasteiger charge is -2.24. The van der Waals surface area contributed by atoms with Gasteiger partial charge >= 0.3 is 0 Å². The number of amides is 1. The zero-order chi connectivity index (χ0) is 21.6. The van der Waals surface area contributed by atoms with Gasteiger partial charge in [-0.05, 0) is 68.7 Å². The quantitative estimate of drug-likeness (QED) is 0.506. The maximum absolute atomic E-state index is 13.1. The first-order valence-electron chi connectivity index (χ1n) is 10.2. The summed E-state index contributed by atoms with van der Waals surface area (Å²) in [5.74, 6) is 0.659. The second-order valence-electron chi connectivity index (χ2n) is 7.96. The van der Waals surface area contributed by atoms with E-state index >= 15 is 0 Å². The molecule has 1 unspecified atom stereocenters. The molecule has 2 aromatic heterocycles.